The molecular formula is C50H98N2O6P+. The van der Waals surface area contributed by atoms with Gasteiger partial charge >= 0.3 is 7.82 Å². The molecule has 0 rings (SSSR count). The zero-order chi connectivity index (χ0) is 43.6. The van der Waals surface area contributed by atoms with Gasteiger partial charge in [-0.3, -0.25) is 13.8 Å². The first-order valence-electron chi connectivity index (χ1n) is 24.9. The smallest absolute Gasteiger partial charge is 0.387 e. The number of carbonyl (C=O) groups is 1. The number of phosphoric acid groups is 1. The maximum Gasteiger partial charge on any atom is 0.472 e. The highest BCUT2D eigenvalue weighted by Crippen LogP contribution is 2.43. The fourth-order valence-corrected chi connectivity index (χ4v) is 7.87. The Kier molecular flexibility index (Phi) is 41.1. The zero-order valence-electron chi connectivity index (χ0n) is 39.5. The summed E-state index contributed by atoms with van der Waals surface area (Å²) in [6.45, 7) is 4.80. The van der Waals surface area contributed by atoms with Crippen LogP contribution < -0.4 is 5.32 Å². The summed E-state index contributed by atoms with van der Waals surface area (Å²) in [6, 6.07) is -0.866. The first-order chi connectivity index (χ1) is 28.5. The number of phosphoric ester groups is 1. The van der Waals surface area contributed by atoms with Crippen molar-refractivity contribution in [1.82, 2.24) is 5.32 Å². The Balaban J connectivity index is 4.38. The Labute approximate surface area is 366 Å². The Morgan fingerprint density at radius 1 is 0.559 bits per heavy atom. The van der Waals surface area contributed by atoms with Crippen molar-refractivity contribution in [3.63, 3.8) is 0 Å². The van der Waals surface area contributed by atoms with Crippen LogP contribution in [-0.2, 0) is 18.4 Å². The van der Waals surface area contributed by atoms with E-state index < -0.39 is 20.0 Å². The third-order valence-corrected chi connectivity index (χ3v) is 12.1. The summed E-state index contributed by atoms with van der Waals surface area (Å²) in [4.78, 5) is 23.1. The van der Waals surface area contributed by atoms with Crippen LogP contribution >= 0.6 is 7.82 Å². The van der Waals surface area contributed by atoms with Crippen molar-refractivity contribution in [2.75, 3.05) is 40.9 Å². The van der Waals surface area contributed by atoms with Crippen LogP contribution in [0.3, 0.4) is 0 Å². The lowest BCUT2D eigenvalue weighted by Crippen LogP contribution is -2.45. The van der Waals surface area contributed by atoms with Crippen molar-refractivity contribution in [1.29, 1.82) is 0 Å². The molecule has 59 heavy (non-hydrogen) atoms. The minimum Gasteiger partial charge on any atom is -0.387 e. The lowest BCUT2D eigenvalue weighted by molar-refractivity contribution is -0.870. The van der Waals surface area contributed by atoms with Crippen molar-refractivity contribution >= 4 is 13.7 Å². The van der Waals surface area contributed by atoms with E-state index in [-0.39, 0.29) is 19.1 Å². The first kappa shape index (κ1) is 57.7. The molecule has 0 aromatic carbocycles. The average Bonchev–Trinajstić information content (AvgIpc) is 3.19. The van der Waals surface area contributed by atoms with Crippen molar-refractivity contribution in [3.8, 4) is 0 Å². The fourth-order valence-electron chi connectivity index (χ4n) is 7.13. The molecule has 0 aromatic rings. The number of carbonyl (C=O) groups excluding carboxylic acids is 1. The molecule has 3 N–H and O–H groups in total. The van der Waals surface area contributed by atoms with Crippen LogP contribution in [0.25, 0.3) is 0 Å². The number of nitrogens with one attached hydrogen (secondary N) is 1. The predicted molar refractivity (Wildman–Crippen MR) is 254 cm³/mol. The summed E-state index contributed by atoms with van der Waals surface area (Å²) in [5.74, 6) is -0.190. The number of rotatable bonds is 45. The van der Waals surface area contributed by atoms with E-state index in [1.165, 1.54) is 161 Å². The third kappa shape index (κ3) is 44.6. The van der Waals surface area contributed by atoms with E-state index in [0.29, 0.717) is 17.4 Å². The third-order valence-electron chi connectivity index (χ3n) is 11.1. The normalized spacial score (nSPS) is 14.5. The van der Waals surface area contributed by atoms with Gasteiger partial charge in [-0.2, -0.15) is 0 Å². The molecule has 9 heteroatoms. The van der Waals surface area contributed by atoms with Gasteiger partial charge in [-0.25, -0.2) is 4.57 Å². The number of unbranched alkanes of at least 4 members (excludes halogenated alkanes) is 28. The topological polar surface area (TPSA) is 105 Å². The molecular weight excluding hydrogens is 756 g/mol. The van der Waals surface area contributed by atoms with Gasteiger partial charge in [0.15, 0.2) is 0 Å². The van der Waals surface area contributed by atoms with Crippen LogP contribution in [0.4, 0.5) is 0 Å². The van der Waals surface area contributed by atoms with E-state index in [1.807, 2.05) is 27.2 Å². The monoisotopic (exact) mass is 854 g/mol. The highest BCUT2D eigenvalue weighted by Gasteiger charge is 2.27. The molecule has 0 saturated heterocycles. The summed E-state index contributed by atoms with van der Waals surface area (Å²) in [7, 11) is 1.55. The second kappa shape index (κ2) is 42.0. The number of aliphatic hydroxyl groups excluding tert-OH is 1. The molecule has 0 aliphatic carbocycles. The van der Waals surface area contributed by atoms with Gasteiger partial charge in [-0.15, -0.1) is 0 Å². The molecule has 3 atom stereocenters. The van der Waals surface area contributed by atoms with Crippen LogP contribution in [-0.4, -0.2) is 73.4 Å². The number of likely N-dealkylation sites (N-methyl/N-ethyl adjacent to an activating group) is 1. The second-order valence-electron chi connectivity index (χ2n) is 18.2. The van der Waals surface area contributed by atoms with Gasteiger partial charge in [0, 0.05) is 6.42 Å². The van der Waals surface area contributed by atoms with E-state index in [2.05, 4.69) is 43.5 Å². The van der Waals surface area contributed by atoms with Gasteiger partial charge in [0.25, 0.3) is 0 Å². The summed E-state index contributed by atoms with van der Waals surface area (Å²) in [6.07, 6.45) is 52.3. The lowest BCUT2D eigenvalue weighted by Gasteiger charge is -2.25. The molecule has 0 spiro atoms. The molecule has 0 aliphatic rings. The number of hydrogen-bond donors (Lipinski definition) is 3. The first-order valence-corrected chi connectivity index (χ1v) is 26.4. The van der Waals surface area contributed by atoms with Gasteiger partial charge in [-0.1, -0.05) is 211 Å². The van der Waals surface area contributed by atoms with Crippen molar-refractivity contribution in [2.45, 2.75) is 238 Å². The van der Waals surface area contributed by atoms with Gasteiger partial charge in [0.2, 0.25) is 5.91 Å². The molecule has 3 unspecified atom stereocenters. The number of nitrogens with zero attached hydrogens (tertiary/aromatic N) is 1. The largest absolute Gasteiger partial charge is 0.472 e. The second-order valence-corrected chi connectivity index (χ2v) is 19.6. The van der Waals surface area contributed by atoms with Gasteiger partial charge < -0.3 is 19.8 Å². The molecule has 0 aromatic heterocycles. The van der Waals surface area contributed by atoms with Crippen molar-refractivity contribution in [3.05, 3.63) is 36.5 Å². The van der Waals surface area contributed by atoms with Crippen LogP contribution in [0.1, 0.15) is 226 Å². The molecule has 0 heterocycles. The SMILES string of the molecule is CCCCCCCCCCCCCCC/C=C/CC/C=C/CC/C=C/C(O)C(COP(=O)(O)OCC[N+](C)(C)C)NC(=O)CCCCCCCCCCCCCCCC. The molecule has 348 valence electrons. The molecule has 0 radical (unpaired) electrons. The van der Waals surface area contributed by atoms with E-state index in [9.17, 15) is 19.4 Å². The summed E-state index contributed by atoms with van der Waals surface area (Å²) in [5, 5.41) is 13.8. The summed E-state index contributed by atoms with van der Waals surface area (Å²) in [5.41, 5.74) is 0. The Morgan fingerprint density at radius 2 is 0.932 bits per heavy atom. The minimum absolute atomic E-state index is 0.0548. The maximum atomic E-state index is 12.9. The van der Waals surface area contributed by atoms with Crippen LogP contribution in [0.5, 0.6) is 0 Å². The van der Waals surface area contributed by atoms with Gasteiger partial charge in [-0.05, 0) is 44.9 Å². The molecule has 0 fully saturated rings. The molecule has 1 amide bonds. The number of amides is 1. The van der Waals surface area contributed by atoms with Crippen LogP contribution in [0.15, 0.2) is 36.5 Å². The Bertz CT molecular complexity index is 1060. The highest BCUT2D eigenvalue weighted by molar-refractivity contribution is 7.47. The number of aliphatic hydroxyl groups is 1. The van der Waals surface area contributed by atoms with Crippen molar-refractivity contribution < 1.29 is 32.9 Å². The summed E-state index contributed by atoms with van der Waals surface area (Å²) >= 11 is 0. The fraction of sp³-hybridized carbons (Fsp3) is 0.860. The van der Waals surface area contributed by atoms with E-state index >= 15 is 0 Å². The van der Waals surface area contributed by atoms with Gasteiger partial charge in [0.05, 0.1) is 39.9 Å². The quantitative estimate of drug-likeness (QED) is 0.0244. The number of hydrogen-bond acceptors (Lipinski definition) is 5. The predicted octanol–water partition coefficient (Wildman–Crippen LogP) is 14.3. The zero-order valence-corrected chi connectivity index (χ0v) is 40.4. The number of allylic oxidation sites excluding steroid dienone is 5. The minimum atomic E-state index is -4.35. The Morgan fingerprint density at radius 3 is 1.36 bits per heavy atom. The number of quaternary nitrogens is 1. The lowest BCUT2D eigenvalue weighted by atomic mass is 10.0. The molecule has 8 nitrogen and oxygen atoms in total. The standard InChI is InChI=1S/C50H97N2O6P/c1-6-8-10-12-14-16-18-20-22-23-24-25-26-27-28-29-30-31-33-35-37-39-41-43-49(53)48(47-58-59(55,56)57-46-45-52(3,4)5)51-50(54)44-42-40-38-36-34-32-21-19-17-15-13-11-9-7-2/h28-29,33,35,41,43,48-49,53H,6-27,30-32,34,36-40,42,44-47H2,1-5H3,(H-,51,54,55,56)/p+1/b29-28+,35-33+,43-41+. The van der Waals surface area contributed by atoms with E-state index in [1.54, 1.807) is 6.08 Å². The van der Waals surface area contributed by atoms with Crippen molar-refractivity contribution in [2.24, 2.45) is 0 Å². The highest BCUT2D eigenvalue weighted by atomic mass is 31.2. The molecule has 0 aliphatic heterocycles. The van der Waals surface area contributed by atoms with Crippen LogP contribution in [0, 0.1) is 0 Å². The average molecular weight is 854 g/mol. The maximum absolute atomic E-state index is 12.9. The summed E-state index contributed by atoms with van der Waals surface area (Å²) < 4.78 is 23.6. The van der Waals surface area contributed by atoms with Crippen LogP contribution in [0.2, 0.25) is 0 Å². The Hall–Kier alpha value is -1.28. The van der Waals surface area contributed by atoms with E-state index in [0.717, 1.165) is 44.9 Å². The molecule has 0 bridgehead atoms. The van der Waals surface area contributed by atoms with Gasteiger partial charge in [0.1, 0.15) is 13.2 Å². The molecule has 0 saturated carbocycles. The van der Waals surface area contributed by atoms with E-state index in [4.69, 9.17) is 9.05 Å².